The lowest BCUT2D eigenvalue weighted by Gasteiger charge is -1.90. The highest BCUT2D eigenvalue weighted by atomic mass is 35.5. The number of rotatable bonds is 1. The van der Waals surface area contributed by atoms with Crippen molar-refractivity contribution in [3.63, 3.8) is 0 Å². The molecule has 0 aliphatic carbocycles. The Hall–Kier alpha value is -0.120. The van der Waals surface area contributed by atoms with E-state index in [1.165, 1.54) is 11.3 Å². The number of hydrogen-bond acceptors (Lipinski definition) is 3. The van der Waals surface area contributed by atoms with E-state index in [4.69, 9.17) is 17.3 Å². The Bertz CT molecular complexity index is 254. The molecule has 54 valence electrons. The first-order valence-corrected chi connectivity index (χ1v) is 4.35. The van der Waals surface area contributed by atoms with Crippen LogP contribution in [0.25, 0.3) is 5.70 Å². The van der Waals surface area contributed by atoms with Crippen LogP contribution in [0, 0.1) is 0 Å². The van der Waals surface area contributed by atoms with Crippen LogP contribution in [0.3, 0.4) is 0 Å². The van der Waals surface area contributed by atoms with Crippen LogP contribution in [0.1, 0.15) is 4.88 Å². The minimum atomic E-state index is 0.653. The minimum absolute atomic E-state index is 0.653. The quantitative estimate of drug-likeness (QED) is 0.656. The second kappa shape index (κ2) is 3.32. The molecule has 0 fully saturated rings. The molecule has 1 heterocycles. The number of thiophene rings is 1. The number of halogens is 1. The van der Waals surface area contributed by atoms with Gasteiger partial charge in [-0.05, 0) is 11.5 Å². The molecule has 0 aliphatic heterocycles. The summed E-state index contributed by atoms with van der Waals surface area (Å²) in [5.41, 5.74) is 6.20. The highest BCUT2D eigenvalue weighted by Gasteiger charge is 1.98. The van der Waals surface area contributed by atoms with E-state index in [1.807, 2.05) is 11.4 Å². The van der Waals surface area contributed by atoms with Gasteiger partial charge in [-0.3, -0.25) is 0 Å². The van der Waals surface area contributed by atoms with E-state index in [9.17, 15) is 0 Å². The summed E-state index contributed by atoms with van der Waals surface area (Å²) >= 11 is 11.1. The Morgan fingerprint density at radius 2 is 2.50 bits per heavy atom. The molecule has 1 rings (SSSR count). The van der Waals surface area contributed by atoms with E-state index in [0.717, 1.165) is 9.90 Å². The summed E-state index contributed by atoms with van der Waals surface area (Å²) in [6, 6.07) is 1.81. The summed E-state index contributed by atoms with van der Waals surface area (Å²) < 4.78 is 0. The van der Waals surface area contributed by atoms with Crippen molar-refractivity contribution >= 4 is 41.3 Å². The molecule has 0 aliphatic rings. The third-order valence-corrected chi connectivity index (χ3v) is 2.60. The SMILES string of the molecule is N/C(=C\S)c1cc(Cl)cs1. The molecule has 1 aromatic rings. The molecule has 0 aromatic carbocycles. The molecule has 0 saturated carbocycles. The zero-order chi connectivity index (χ0) is 7.56. The lowest BCUT2D eigenvalue weighted by atomic mass is 10.4. The van der Waals surface area contributed by atoms with Gasteiger partial charge in [0.2, 0.25) is 0 Å². The van der Waals surface area contributed by atoms with Gasteiger partial charge in [-0.15, -0.1) is 24.0 Å². The average Bonchev–Trinajstić information content (AvgIpc) is 2.34. The van der Waals surface area contributed by atoms with Crippen molar-refractivity contribution in [2.45, 2.75) is 0 Å². The monoisotopic (exact) mass is 191 g/mol. The van der Waals surface area contributed by atoms with Crippen molar-refractivity contribution in [3.8, 4) is 0 Å². The van der Waals surface area contributed by atoms with E-state index < -0.39 is 0 Å². The molecule has 0 saturated heterocycles. The average molecular weight is 192 g/mol. The molecule has 1 aromatic heterocycles. The normalized spacial score (nSPS) is 12.0. The van der Waals surface area contributed by atoms with Crippen LogP contribution in [-0.2, 0) is 0 Å². The molecule has 0 spiro atoms. The van der Waals surface area contributed by atoms with E-state index in [1.54, 1.807) is 5.41 Å². The van der Waals surface area contributed by atoms with Crippen LogP contribution in [-0.4, -0.2) is 0 Å². The molecule has 0 unspecified atom stereocenters. The van der Waals surface area contributed by atoms with Gasteiger partial charge < -0.3 is 5.73 Å². The standard InChI is InChI=1S/C6H6ClNS2/c7-4-1-6(10-3-4)5(8)2-9/h1-3,9H,8H2/b5-2-. The number of thiol groups is 1. The maximum absolute atomic E-state index is 5.66. The first kappa shape index (κ1) is 7.98. The largest absolute Gasteiger partial charge is 0.397 e. The first-order chi connectivity index (χ1) is 4.74. The van der Waals surface area contributed by atoms with Crippen molar-refractivity contribution in [1.29, 1.82) is 0 Å². The van der Waals surface area contributed by atoms with Gasteiger partial charge in [0.15, 0.2) is 0 Å². The summed E-state index contributed by atoms with van der Waals surface area (Å²) in [5, 5.41) is 4.11. The maximum Gasteiger partial charge on any atom is 0.0551 e. The van der Waals surface area contributed by atoms with Gasteiger partial charge in [0, 0.05) is 5.38 Å². The molecule has 0 bridgehead atoms. The predicted molar refractivity (Wildman–Crippen MR) is 50.5 cm³/mol. The molecule has 0 radical (unpaired) electrons. The lowest BCUT2D eigenvalue weighted by Crippen LogP contribution is -1.90. The van der Waals surface area contributed by atoms with Crippen LogP contribution in [0.2, 0.25) is 5.02 Å². The molecular weight excluding hydrogens is 186 g/mol. The van der Waals surface area contributed by atoms with Gasteiger partial charge >= 0.3 is 0 Å². The molecule has 1 nitrogen and oxygen atoms in total. The molecule has 10 heavy (non-hydrogen) atoms. The third-order valence-electron chi connectivity index (χ3n) is 0.991. The minimum Gasteiger partial charge on any atom is -0.397 e. The van der Waals surface area contributed by atoms with Crippen LogP contribution < -0.4 is 5.73 Å². The fourth-order valence-electron chi connectivity index (χ4n) is 0.528. The Morgan fingerprint density at radius 1 is 1.80 bits per heavy atom. The Kier molecular flexibility index (Phi) is 2.65. The van der Waals surface area contributed by atoms with Gasteiger partial charge in [0.25, 0.3) is 0 Å². The van der Waals surface area contributed by atoms with E-state index in [2.05, 4.69) is 12.6 Å². The second-order valence-corrected chi connectivity index (χ2v) is 3.32. The van der Waals surface area contributed by atoms with Crippen LogP contribution >= 0.6 is 35.6 Å². The zero-order valence-electron chi connectivity index (χ0n) is 5.04. The van der Waals surface area contributed by atoms with Crippen molar-refractivity contribution in [1.82, 2.24) is 0 Å². The Labute approximate surface area is 73.9 Å². The fraction of sp³-hybridized carbons (Fsp3) is 0. The summed E-state index contributed by atoms with van der Waals surface area (Å²) in [5.74, 6) is 0. The van der Waals surface area contributed by atoms with Crippen LogP contribution in [0.5, 0.6) is 0 Å². The molecule has 0 atom stereocenters. The summed E-state index contributed by atoms with van der Waals surface area (Å²) in [7, 11) is 0. The van der Waals surface area contributed by atoms with E-state index in [0.29, 0.717) is 5.70 Å². The van der Waals surface area contributed by atoms with Crippen molar-refractivity contribution < 1.29 is 0 Å². The molecule has 2 N–H and O–H groups in total. The Balaban J connectivity index is 2.95. The summed E-state index contributed by atoms with van der Waals surface area (Å²) in [6.45, 7) is 0. The summed E-state index contributed by atoms with van der Waals surface area (Å²) in [4.78, 5) is 0.958. The number of nitrogens with two attached hydrogens (primary N) is 1. The van der Waals surface area contributed by atoms with E-state index in [-0.39, 0.29) is 0 Å². The van der Waals surface area contributed by atoms with Gasteiger partial charge in [-0.2, -0.15) is 0 Å². The molecule has 0 amide bonds. The number of hydrogen-bond donors (Lipinski definition) is 2. The van der Waals surface area contributed by atoms with Gasteiger partial charge in [0.1, 0.15) is 0 Å². The van der Waals surface area contributed by atoms with Crippen molar-refractivity contribution in [3.05, 3.63) is 26.8 Å². The van der Waals surface area contributed by atoms with Gasteiger partial charge in [0.05, 0.1) is 15.6 Å². The highest BCUT2D eigenvalue weighted by molar-refractivity contribution is 7.83. The zero-order valence-corrected chi connectivity index (χ0v) is 7.51. The smallest absolute Gasteiger partial charge is 0.0551 e. The van der Waals surface area contributed by atoms with Gasteiger partial charge in [-0.25, -0.2) is 0 Å². The molecular formula is C6H6ClNS2. The maximum atomic E-state index is 5.66. The predicted octanol–water partition coefficient (Wildman–Crippen LogP) is 2.59. The fourth-order valence-corrected chi connectivity index (χ4v) is 1.76. The van der Waals surface area contributed by atoms with Gasteiger partial charge in [-0.1, -0.05) is 11.6 Å². The second-order valence-electron chi connectivity index (χ2n) is 1.71. The van der Waals surface area contributed by atoms with Crippen molar-refractivity contribution in [2.75, 3.05) is 0 Å². The van der Waals surface area contributed by atoms with Crippen LogP contribution in [0.4, 0.5) is 0 Å². The highest BCUT2D eigenvalue weighted by Crippen LogP contribution is 2.23. The Morgan fingerprint density at radius 3 is 2.90 bits per heavy atom. The first-order valence-electron chi connectivity index (χ1n) is 2.58. The molecule has 4 heteroatoms. The third kappa shape index (κ3) is 1.68. The van der Waals surface area contributed by atoms with Crippen molar-refractivity contribution in [2.24, 2.45) is 5.73 Å². The van der Waals surface area contributed by atoms with Crippen LogP contribution in [0.15, 0.2) is 16.9 Å². The topological polar surface area (TPSA) is 26.0 Å². The lowest BCUT2D eigenvalue weighted by molar-refractivity contribution is 1.63. The van der Waals surface area contributed by atoms with E-state index >= 15 is 0 Å². The summed E-state index contributed by atoms with van der Waals surface area (Å²) in [6.07, 6.45) is 0.